The standard InChI is InChI=1S/C14H29N3O/c1-16-8-3-9-17(11-10-16)14(12-15)6-4-13(18-2)5-7-14/h13H,3-12,15H2,1-2H3. The van der Waals surface area contributed by atoms with Gasteiger partial charge >= 0.3 is 0 Å². The van der Waals surface area contributed by atoms with Gasteiger partial charge in [-0.1, -0.05) is 0 Å². The van der Waals surface area contributed by atoms with Crippen LogP contribution in [0.25, 0.3) is 0 Å². The molecule has 0 aromatic heterocycles. The summed E-state index contributed by atoms with van der Waals surface area (Å²) in [5.41, 5.74) is 6.40. The molecule has 0 unspecified atom stereocenters. The van der Waals surface area contributed by atoms with Gasteiger partial charge in [0.15, 0.2) is 0 Å². The normalized spacial score (nSPS) is 36.5. The van der Waals surface area contributed by atoms with Crippen molar-refractivity contribution in [2.75, 3.05) is 46.9 Å². The largest absolute Gasteiger partial charge is 0.381 e. The zero-order valence-electron chi connectivity index (χ0n) is 12.0. The minimum Gasteiger partial charge on any atom is -0.381 e. The van der Waals surface area contributed by atoms with E-state index < -0.39 is 0 Å². The van der Waals surface area contributed by atoms with E-state index in [0.717, 1.165) is 6.54 Å². The van der Waals surface area contributed by atoms with Crippen LogP contribution in [0.2, 0.25) is 0 Å². The van der Waals surface area contributed by atoms with E-state index in [2.05, 4.69) is 16.8 Å². The summed E-state index contributed by atoms with van der Waals surface area (Å²) in [5.74, 6) is 0. The highest BCUT2D eigenvalue weighted by Gasteiger charge is 2.39. The van der Waals surface area contributed by atoms with E-state index in [-0.39, 0.29) is 5.54 Å². The molecule has 0 aromatic carbocycles. The summed E-state index contributed by atoms with van der Waals surface area (Å²) in [4.78, 5) is 5.10. The van der Waals surface area contributed by atoms with Gasteiger partial charge in [-0.15, -0.1) is 0 Å². The predicted octanol–water partition coefficient (Wildman–Crippen LogP) is 0.910. The van der Waals surface area contributed by atoms with E-state index >= 15 is 0 Å². The van der Waals surface area contributed by atoms with E-state index in [4.69, 9.17) is 10.5 Å². The fraction of sp³-hybridized carbons (Fsp3) is 1.00. The van der Waals surface area contributed by atoms with Crippen molar-refractivity contribution >= 4 is 0 Å². The highest BCUT2D eigenvalue weighted by molar-refractivity contribution is 4.97. The SMILES string of the molecule is COC1CCC(CN)(N2CCCN(C)CC2)CC1. The minimum absolute atomic E-state index is 0.250. The van der Waals surface area contributed by atoms with Crippen molar-refractivity contribution in [3.8, 4) is 0 Å². The fourth-order valence-corrected chi connectivity index (χ4v) is 3.53. The van der Waals surface area contributed by atoms with E-state index in [9.17, 15) is 0 Å². The summed E-state index contributed by atoms with van der Waals surface area (Å²) >= 11 is 0. The van der Waals surface area contributed by atoms with Crippen LogP contribution in [0.3, 0.4) is 0 Å². The second-order valence-corrected chi connectivity index (χ2v) is 6.01. The number of rotatable bonds is 3. The summed E-state index contributed by atoms with van der Waals surface area (Å²) in [6.07, 6.45) is 6.46. The molecule has 4 heteroatoms. The quantitative estimate of drug-likeness (QED) is 0.814. The molecule has 4 nitrogen and oxygen atoms in total. The first-order valence-corrected chi connectivity index (χ1v) is 7.37. The van der Waals surface area contributed by atoms with Gasteiger partial charge in [0.25, 0.3) is 0 Å². The van der Waals surface area contributed by atoms with Crippen molar-refractivity contribution in [2.45, 2.75) is 43.7 Å². The number of hydrogen-bond donors (Lipinski definition) is 1. The second-order valence-electron chi connectivity index (χ2n) is 6.01. The molecule has 106 valence electrons. The Morgan fingerprint density at radius 3 is 2.50 bits per heavy atom. The average Bonchev–Trinajstić information content (AvgIpc) is 2.64. The van der Waals surface area contributed by atoms with E-state index in [1.165, 1.54) is 58.3 Å². The second kappa shape index (κ2) is 6.33. The van der Waals surface area contributed by atoms with Crippen molar-refractivity contribution < 1.29 is 4.74 Å². The van der Waals surface area contributed by atoms with E-state index in [1.54, 1.807) is 0 Å². The molecule has 1 heterocycles. The summed E-state index contributed by atoms with van der Waals surface area (Å²) in [6.45, 7) is 5.57. The van der Waals surface area contributed by atoms with Crippen molar-refractivity contribution in [1.29, 1.82) is 0 Å². The molecule has 0 bridgehead atoms. The smallest absolute Gasteiger partial charge is 0.0572 e. The van der Waals surface area contributed by atoms with Crippen LogP contribution in [-0.4, -0.2) is 68.3 Å². The Labute approximate surface area is 111 Å². The van der Waals surface area contributed by atoms with Gasteiger partial charge in [-0.3, -0.25) is 4.90 Å². The summed E-state index contributed by atoms with van der Waals surface area (Å²) in [6, 6.07) is 0. The third kappa shape index (κ3) is 3.05. The van der Waals surface area contributed by atoms with Crippen molar-refractivity contribution in [2.24, 2.45) is 5.73 Å². The average molecular weight is 255 g/mol. The van der Waals surface area contributed by atoms with Gasteiger partial charge in [-0.05, 0) is 45.7 Å². The lowest BCUT2D eigenvalue weighted by Crippen LogP contribution is -2.57. The molecule has 1 aliphatic heterocycles. The topological polar surface area (TPSA) is 41.7 Å². The Balaban J connectivity index is 1.98. The molecule has 0 aromatic rings. The summed E-state index contributed by atoms with van der Waals surface area (Å²) in [5, 5.41) is 0. The molecule has 2 aliphatic rings. The molecule has 2 N–H and O–H groups in total. The van der Waals surface area contributed by atoms with E-state index in [0.29, 0.717) is 6.10 Å². The molecule has 0 amide bonds. The lowest BCUT2D eigenvalue weighted by molar-refractivity contribution is -0.00520. The molecule has 18 heavy (non-hydrogen) atoms. The van der Waals surface area contributed by atoms with Crippen LogP contribution in [0.1, 0.15) is 32.1 Å². The third-order valence-electron chi connectivity index (χ3n) is 4.97. The number of likely N-dealkylation sites (N-methyl/N-ethyl adjacent to an activating group) is 1. The molecular weight excluding hydrogens is 226 g/mol. The van der Waals surface area contributed by atoms with Gasteiger partial charge < -0.3 is 15.4 Å². The summed E-state index contributed by atoms with van der Waals surface area (Å²) in [7, 11) is 4.06. The Hall–Kier alpha value is -0.160. The number of ether oxygens (including phenoxy) is 1. The molecule has 2 fully saturated rings. The van der Waals surface area contributed by atoms with E-state index in [1.807, 2.05) is 7.11 Å². The maximum absolute atomic E-state index is 6.15. The highest BCUT2D eigenvalue weighted by atomic mass is 16.5. The predicted molar refractivity (Wildman–Crippen MR) is 74.7 cm³/mol. The van der Waals surface area contributed by atoms with Crippen LogP contribution in [0.5, 0.6) is 0 Å². The number of hydrogen-bond acceptors (Lipinski definition) is 4. The first-order valence-electron chi connectivity index (χ1n) is 7.37. The van der Waals surface area contributed by atoms with Crippen LogP contribution in [-0.2, 0) is 4.74 Å². The minimum atomic E-state index is 0.250. The summed E-state index contributed by atoms with van der Waals surface area (Å²) < 4.78 is 5.49. The number of methoxy groups -OCH3 is 1. The molecule has 0 spiro atoms. The Morgan fingerprint density at radius 2 is 1.89 bits per heavy atom. The monoisotopic (exact) mass is 255 g/mol. The molecule has 0 radical (unpaired) electrons. The molecule has 0 atom stereocenters. The molecule has 1 aliphatic carbocycles. The van der Waals surface area contributed by atoms with Gasteiger partial charge in [0.2, 0.25) is 0 Å². The van der Waals surface area contributed by atoms with Gasteiger partial charge in [0.05, 0.1) is 6.10 Å². The van der Waals surface area contributed by atoms with Crippen LogP contribution in [0, 0.1) is 0 Å². The lowest BCUT2D eigenvalue weighted by atomic mass is 9.78. The van der Waals surface area contributed by atoms with Gasteiger partial charge in [-0.25, -0.2) is 0 Å². The van der Waals surface area contributed by atoms with Crippen molar-refractivity contribution in [3.05, 3.63) is 0 Å². The number of nitrogens with two attached hydrogens (primary N) is 1. The molecular formula is C14H29N3O. The zero-order valence-corrected chi connectivity index (χ0v) is 12.0. The Bertz CT molecular complexity index is 251. The first-order chi connectivity index (χ1) is 8.70. The Morgan fingerprint density at radius 1 is 1.17 bits per heavy atom. The highest BCUT2D eigenvalue weighted by Crippen LogP contribution is 2.34. The van der Waals surface area contributed by atoms with Gasteiger partial charge in [0, 0.05) is 38.8 Å². The van der Waals surface area contributed by atoms with Gasteiger partial charge in [0.1, 0.15) is 0 Å². The maximum Gasteiger partial charge on any atom is 0.0572 e. The number of nitrogens with zero attached hydrogens (tertiary/aromatic N) is 2. The third-order valence-corrected chi connectivity index (χ3v) is 4.97. The lowest BCUT2D eigenvalue weighted by Gasteiger charge is -2.47. The molecule has 2 rings (SSSR count). The van der Waals surface area contributed by atoms with Crippen molar-refractivity contribution in [1.82, 2.24) is 9.80 Å². The van der Waals surface area contributed by atoms with Gasteiger partial charge in [-0.2, -0.15) is 0 Å². The van der Waals surface area contributed by atoms with Crippen LogP contribution in [0.4, 0.5) is 0 Å². The Kier molecular flexibility index (Phi) is 5.01. The maximum atomic E-state index is 6.15. The molecule has 1 saturated carbocycles. The first kappa shape index (κ1) is 14.3. The van der Waals surface area contributed by atoms with Crippen LogP contribution in [0.15, 0.2) is 0 Å². The fourth-order valence-electron chi connectivity index (χ4n) is 3.53. The van der Waals surface area contributed by atoms with Crippen LogP contribution >= 0.6 is 0 Å². The molecule has 1 saturated heterocycles. The zero-order chi connectivity index (χ0) is 13.0. The van der Waals surface area contributed by atoms with Crippen molar-refractivity contribution in [3.63, 3.8) is 0 Å². The van der Waals surface area contributed by atoms with Crippen LogP contribution < -0.4 is 5.73 Å².